The first-order chi connectivity index (χ1) is 22.8. The standard InChI is InChI=1S/C36H24FI2N3O4S/c1-2-45-35(44)30-31(23-6-4-3-5-7-23)41-36-42(32(30)24-12-14-26(37)15-13-24)34(43)29(47-36)17-25-16-27(38)18-28(39)33(25)46-20-22-10-8-21(19-40)9-11-22/h3-18,32H,2,20H2,1H3/b29-17-/t32-/m0/s1. The second kappa shape index (κ2) is 14.3. The Labute approximate surface area is 300 Å². The van der Waals surface area contributed by atoms with Crippen LogP contribution >= 0.6 is 56.5 Å². The number of ether oxygens (including phenoxy) is 2. The van der Waals surface area contributed by atoms with Crippen LogP contribution < -0.4 is 19.6 Å². The van der Waals surface area contributed by atoms with Crippen LogP contribution in [-0.4, -0.2) is 17.1 Å². The molecule has 7 nitrogen and oxygen atoms in total. The highest BCUT2D eigenvalue weighted by Crippen LogP contribution is 2.35. The summed E-state index contributed by atoms with van der Waals surface area (Å²) in [6.07, 6.45) is 1.78. The second-order valence-corrected chi connectivity index (χ2v) is 13.8. The molecule has 6 rings (SSSR count). The van der Waals surface area contributed by atoms with E-state index in [1.54, 1.807) is 37.3 Å². The molecule has 1 aromatic heterocycles. The molecule has 11 heteroatoms. The van der Waals surface area contributed by atoms with Gasteiger partial charge >= 0.3 is 5.97 Å². The predicted molar refractivity (Wildman–Crippen MR) is 195 cm³/mol. The first kappa shape index (κ1) is 32.8. The molecule has 0 unspecified atom stereocenters. The van der Waals surface area contributed by atoms with Gasteiger partial charge in [-0.25, -0.2) is 14.2 Å². The monoisotopic (exact) mass is 867 g/mol. The minimum Gasteiger partial charge on any atom is -0.487 e. The Balaban J connectivity index is 1.54. The second-order valence-electron chi connectivity index (χ2n) is 10.4. The average molecular weight is 867 g/mol. The van der Waals surface area contributed by atoms with E-state index in [0.29, 0.717) is 43.0 Å². The van der Waals surface area contributed by atoms with Gasteiger partial charge in [-0.15, -0.1) is 0 Å². The van der Waals surface area contributed by atoms with Crippen LogP contribution in [0.2, 0.25) is 0 Å². The zero-order valence-corrected chi connectivity index (χ0v) is 29.9. The zero-order valence-electron chi connectivity index (χ0n) is 24.7. The number of carbonyl (C=O) groups is 1. The van der Waals surface area contributed by atoms with E-state index in [4.69, 9.17) is 19.7 Å². The number of rotatable bonds is 8. The molecule has 4 aromatic carbocycles. The van der Waals surface area contributed by atoms with Crippen molar-refractivity contribution >= 4 is 74.3 Å². The number of fused-ring (bicyclic) bond motifs is 1. The highest BCUT2D eigenvalue weighted by molar-refractivity contribution is 14.1. The van der Waals surface area contributed by atoms with Crippen molar-refractivity contribution in [3.8, 4) is 11.8 Å². The lowest BCUT2D eigenvalue weighted by Crippen LogP contribution is -2.40. The molecule has 47 heavy (non-hydrogen) atoms. The molecule has 1 aliphatic heterocycles. The van der Waals surface area contributed by atoms with Crippen molar-refractivity contribution in [2.75, 3.05) is 6.61 Å². The maximum atomic E-state index is 14.3. The third kappa shape index (κ3) is 6.95. The highest BCUT2D eigenvalue weighted by Gasteiger charge is 2.35. The van der Waals surface area contributed by atoms with Crippen LogP contribution in [0.15, 0.2) is 106 Å². The lowest BCUT2D eigenvalue weighted by molar-refractivity contribution is -0.138. The number of benzene rings is 4. The summed E-state index contributed by atoms with van der Waals surface area (Å²) in [6, 6.07) is 27.3. The quantitative estimate of drug-likeness (QED) is 0.128. The fourth-order valence-corrected chi connectivity index (χ4v) is 8.25. The molecule has 0 amide bonds. The Hall–Kier alpha value is -4.13. The summed E-state index contributed by atoms with van der Waals surface area (Å²) in [5.74, 6) is -0.439. The molecular formula is C36H24FI2N3O4S. The number of hydrogen-bond donors (Lipinski definition) is 0. The molecule has 0 saturated carbocycles. The topological polar surface area (TPSA) is 93.7 Å². The van der Waals surface area contributed by atoms with E-state index in [-0.39, 0.29) is 24.3 Å². The third-order valence-electron chi connectivity index (χ3n) is 7.35. The van der Waals surface area contributed by atoms with Gasteiger partial charge in [0, 0.05) is 14.7 Å². The number of carbonyl (C=O) groups excluding carboxylic acids is 1. The van der Waals surface area contributed by atoms with Gasteiger partial charge in [-0.2, -0.15) is 5.26 Å². The number of hydrogen-bond acceptors (Lipinski definition) is 7. The summed E-state index contributed by atoms with van der Waals surface area (Å²) in [7, 11) is 0. The molecule has 1 aliphatic rings. The Morgan fingerprint density at radius 3 is 2.47 bits per heavy atom. The molecule has 2 heterocycles. The van der Waals surface area contributed by atoms with Crippen LogP contribution in [0.3, 0.4) is 0 Å². The summed E-state index contributed by atoms with van der Waals surface area (Å²) in [5, 5.41) is 9.13. The number of halogens is 3. The number of esters is 1. The number of nitrogens with zero attached hydrogens (tertiary/aromatic N) is 3. The fraction of sp³-hybridized carbons (Fsp3) is 0.111. The van der Waals surface area contributed by atoms with Gasteiger partial charge in [0.25, 0.3) is 5.56 Å². The van der Waals surface area contributed by atoms with Crippen molar-refractivity contribution in [3.05, 3.63) is 157 Å². The minimum absolute atomic E-state index is 0.126. The van der Waals surface area contributed by atoms with E-state index < -0.39 is 17.8 Å². The van der Waals surface area contributed by atoms with Crippen molar-refractivity contribution in [1.82, 2.24) is 4.57 Å². The van der Waals surface area contributed by atoms with E-state index in [0.717, 1.165) is 12.7 Å². The Morgan fingerprint density at radius 1 is 1.06 bits per heavy atom. The van der Waals surface area contributed by atoms with Crippen LogP contribution in [-0.2, 0) is 16.1 Å². The smallest absolute Gasteiger partial charge is 0.338 e. The van der Waals surface area contributed by atoms with Crippen LogP contribution in [0.4, 0.5) is 4.39 Å². The molecule has 0 radical (unpaired) electrons. The number of thiazole rings is 1. The van der Waals surface area contributed by atoms with Gasteiger partial charge in [-0.05, 0) is 106 Å². The lowest BCUT2D eigenvalue weighted by atomic mass is 9.93. The summed E-state index contributed by atoms with van der Waals surface area (Å²) < 4.78 is 29.6. The Kier molecular flexibility index (Phi) is 10.00. The molecule has 0 aliphatic carbocycles. The molecule has 1 atom stereocenters. The summed E-state index contributed by atoms with van der Waals surface area (Å²) >= 11 is 5.64. The van der Waals surface area contributed by atoms with Gasteiger partial charge in [0.2, 0.25) is 0 Å². The average Bonchev–Trinajstić information content (AvgIpc) is 3.38. The largest absolute Gasteiger partial charge is 0.487 e. The first-order valence-electron chi connectivity index (χ1n) is 14.4. The van der Waals surface area contributed by atoms with Crippen LogP contribution in [0.5, 0.6) is 5.75 Å². The van der Waals surface area contributed by atoms with E-state index in [1.165, 1.54) is 28.0 Å². The molecule has 0 fully saturated rings. The van der Waals surface area contributed by atoms with Crippen molar-refractivity contribution < 1.29 is 18.7 Å². The fourth-order valence-electron chi connectivity index (χ4n) is 5.21. The molecule has 234 valence electrons. The van der Waals surface area contributed by atoms with E-state index in [9.17, 15) is 14.0 Å². The summed E-state index contributed by atoms with van der Waals surface area (Å²) in [5.41, 5.74) is 3.61. The molecule has 0 spiro atoms. The van der Waals surface area contributed by atoms with Gasteiger partial charge in [0.1, 0.15) is 18.2 Å². The van der Waals surface area contributed by atoms with E-state index >= 15 is 0 Å². The normalized spacial score (nSPS) is 14.3. The van der Waals surface area contributed by atoms with Crippen molar-refractivity contribution in [2.24, 2.45) is 4.99 Å². The Morgan fingerprint density at radius 2 is 1.79 bits per heavy atom. The molecular weight excluding hydrogens is 843 g/mol. The van der Waals surface area contributed by atoms with Gasteiger partial charge in [0.05, 0.1) is 43.7 Å². The number of nitriles is 1. The molecule has 0 N–H and O–H groups in total. The van der Waals surface area contributed by atoms with Gasteiger partial charge in [-0.1, -0.05) is 65.9 Å². The lowest BCUT2D eigenvalue weighted by Gasteiger charge is -2.25. The Bertz CT molecular complexity index is 2240. The maximum Gasteiger partial charge on any atom is 0.338 e. The highest BCUT2D eigenvalue weighted by atomic mass is 127. The van der Waals surface area contributed by atoms with Crippen LogP contribution in [0.1, 0.15) is 40.8 Å². The summed E-state index contributed by atoms with van der Waals surface area (Å²) in [4.78, 5) is 33.2. The SMILES string of the molecule is CCOC(=O)C1=C(c2ccccc2)N=c2s/c(=C\c3cc(I)cc(I)c3OCc3ccc(C#N)cc3)c(=O)n2[C@H]1c1ccc(F)cc1. The predicted octanol–water partition coefficient (Wildman–Crippen LogP) is 6.73. The van der Waals surface area contributed by atoms with Gasteiger partial charge in [0.15, 0.2) is 4.80 Å². The number of aromatic nitrogens is 1. The van der Waals surface area contributed by atoms with Crippen molar-refractivity contribution in [3.63, 3.8) is 0 Å². The van der Waals surface area contributed by atoms with Crippen molar-refractivity contribution in [1.29, 1.82) is 5.26 Å². The zero-order chi connectivity index (χ0) is 33.1. The van der Waals surface area contributed by atoms with Crippen LogP contribution in [0.25, 0.3) is 11.8 Å². The minimum atomic E-state index is -0.911. The van der Waals surface area contributed by atoms with E-state index in [2.05, 4.69) is 51.3 Å². The third-order valence-corrected chi connectivity index (χ3v) is 9.76. The molecule has 0 saturated heterocycles. The van der Waals surface area contributed by atoms with Gasteiger partial charge < -0.3 is 9.47 Å². The van der Waals surface area contributed by atoms with E-state index in [1.807, 2.05) is 54.6 Å². The van der Waals surface area contributed by atoms with Crippen LogP contribution in [0, 0.1) is 24.3 Å². The van der Waals surface area contributed by atoms with Crippen molar-refractivity contribution in [2.45, 2.75) is 19.6 Å². The first-order valence-corrected chi connectivity index (χ1v) is 17.4. The molecule has 5 aromatic rings. The maximum absolute atomic E-state index is 14.3. The summed E-state index contributed by atoms with van der Waals surface area (Å²) in [6.45, 7) is 2.10. The van der Waals surface area contributed by atoms with Gasteiger partial charge in [-0.3, -0.25) is 9.36 Å². The molecule has 0 bridgehead atoms.